The number of aryl methyl sites for hydroxylation is 2. The highest BCUT2D eigenvalue weighted by molar-refractivity contribution is 5.76. The molecule has 0 saturated heterocycles. The molecule has 1 aliphatic carbocycles. The molecule has 1 fully saturated rings. The average molecular weight is 355 g/mol. The molecule has 136 valence electrons. The van der Waals surface area contributed by atoms with Gasteiger partial charge in [-0.25, -0.2) is 9.37 Å². The Morgan fingerprint density at radius 2 is 2.00 bits per heavy atom. The molecule has 2 aromatic heterocycles. The molecule has 0 atom stereocenters. The smallest absolute Gasteiger partial charge is 0.240 e. The Kier molecular flexibility index (Phi) is 5.46. The maximum atomic E-state index is 12.6. The van der Waals surface area contributed by atoms with E-state index in [1.54, 1.807) is 29.2 Å². The van der Waals surface area contributed by atoms with Crippen LogP contribution in [0.5, 0.6) is 0 Å². The minimum atomic E-state index is -0.215. The number of rotatable bonds is 4. The van der Waals surface area contributed by atoms with Gasteiger partial charge in [-0.15, -0.1) is 0 Å². The lowest BCUT2D eigenvalue weighted by Crippen LogP contribution is -2.29. The van der Waals surface area contributed by atoms with Crippen molar-refractivity contribution >= 4 is 5.91 Å². The Hall–Kier alpha value is -2.96. The second-order valence-corrected chi connectivity index (χ2v) is 6.35. The van der Waals surface area contributed by atoms with Gasteiger partial charge in [0.1, 0.15) is 18.2 Å². The molecule has 26 heavy (non-hydrogen) atoms. The van der Waals surface area contributed by atoms with Crippen LogP contribution in [-0.4, -0.2) is 31.3 Å². The first-order valence-corrected chi connectivity index (χ1v) is 8.53. The minimum absolute atomic E-state index is 0.0867. The number of aromatic nitrogens is 4. The second-order valence-electron chi connectivity index (χ2n) is 6.35. The number of nitrogens with one attached hydrogen (secondary N) is 1. The standard InChI is InChI=1S/C10H9FN2.C9H13N3O/c1-13-7-9(6-12-13)8-2-4-10(11)5-3-8;1-7-10-4-5-12(7)6-9(13)11-8-2-3-8/h2-7H,1H3;4-5,8H,2-3,6H2,1H3,(H,11,13). The third kappa shape index (κ3) is 5.02. The number of amides is 1. The van der Waals surface area contributed by atoms with Crippen molar-refractivity contribution in [2.24, 2.45) is 7.05 Å². The van der Waals surface area contributed by atoms with E-state index in [0.717, 1.165) is 29.8 Å². The van der Waals surface area contributed by atoms with Crippen LogP contribution in [0.4, 0.5) is 4.39 Å². The van der Waals surface area contributed by atoms with Crippen LogP contribution < -0.4 is 5.32 Å². The van der Waals surface area contributed by atoms with Crippen molar-refractivity contribution in [2.75, 3.05) is 0 Å². The van der Waals surface area contributed by atoms with Crippen LogP contribution in [0.1, 0.15) is 18.7 Å². The van der Waals surface area contributed by atoms with Crippen molar-refractivity contribution in [3.05, 3.63) is 60.7 Å². The Bertz CT molecular complexity index is 864. The number of carbonyl (C=O) groups is 1. The fourth-order valence-corrected chi connectivity index (χ4v) is 2.44. The van der Waals surface area contributed by atoms with Gasteiger partial charge in [-0.05, 0) is 37.5 Å². The van der Waals surface area contributed by atoms with Crippen molar-refractivity contribution in [2.45, 2.75) is 32.4 Å². The van der Waals surface area contributed by atoms with Crippen molar-refractivity contribution < 1.29 is 9.18 Å². The van der Waals surface area contributed by atoms with Crippen LogP contribution in [0.2, 0.25) is 0 Å². The predicted octanol–water partition coefficient (Wildman–Crippen LogP) is 2.70. The Morgan fingerprint density at radius 1 is 1.27 bits per heavy atom. The number of halogens is 1. The number of imidazole rings is 1. The van der Waals surface area contributed by atoms with E-state index in [1.807, 2.05) is 30.9 Å². The van der Waals surface area contributed by atoms with Gasteiger partial charge in [-0.3, -0.25) is 9.48 Å². The van der Waals surface area contributed by atoms with Gasteiger partial charge in [-0.2, -0.15) is 5.10 Å². The van der Waals surface area contributed by atoms with E-state index in [-0.39, 0.29) is 11.7 Å². The summed E-state index contributed by atoms with van der Waals surface area (Å²) in [4.78, 5) is 15.4. The first kappa shape index (κ1) is 17.8. The number of carbonyl (C=O) groups excluding carboxylic acids is 1. The Labute approximate surface area is 151 Å². The van der Waals surface area contributed by atoms with E-state index in [4.69, 9.17) is 0 Å². The summed E-state index contributed by atoms with van der Waals surface area (Å²) in [6.45, 7) is 2.28. The minimum Gasteiger partial charge on any atom is -0.352 e. The average Bonchev–Trinajstić information content (AvgIpc) is 3.17. The zero-order valence-electron chi connectivity index (χ0n) is 14.9. The second kappa shape index (κ2) is 7.95. The molecule has 2 heterocycles. The molecule has 3 aromatic rings. The molecular weight excluding hydrogens is 333 g/mol. The molecule has 6 nitrogen and oxygen atoms in total. The summed E-state index contributed by atoms with van der Waals surface area (Å²) in [7, 11) is 1.85. The molecule has 0 spiro atoms. The Balaban J connectivity index is 0.000000151. The van der Waals surface area contributed by atoms with Crippen molar-refractivity contribution in [1.82, 2.24) is 24.6 Å². The zero-order valence-corrected chi connectivity index (χ0v) is 14.9. The van der Waals surface area contributed by atoms with Gasteiger partial charge in [0.15, 0.2) is 0 Å². The molecular formula is C19H22FN5O. The Morgan fingerprint density at radius 3 is 2.54 bits per heavy atom. The highest BCUT2D eigenvalue weighted by atomic mass is 19.1. The quantitative estimate of drug-likeness (QED) is 0.783. The first-order chi connectivity index (χ1) is 12.5. The van der Waals surface area contributed by atoms with Gasteiger partial charge in [0, 0.05) is 37.2 Å². The molecule has 1 aromatic carbocycles. The maximum absolute atomic E-state index is 12.6. The van der Waals surface area contributed by atoms with E-state index >= 15 is 0 Å². The van der Waals surface area contributed by atoms with Crippen molar-refractivity contribution in [1.29, 1.82) is 0 Å². The first-order valence-electron chi connectivity index (χ1n) is 8.53. The molecule has 0 bridgehead atoms. The summed E-state index contributed by atoms with van der Waals surface area (Å²) in [5.74, 6) is 0.752. The normalized spacial score (nSPS) is 13.0. The number of hydrogen-bond acceptors (Lipinski definition) is 3. The van der Waals surface area contributed by atoms with Gasteiger partial charge < -0.3 is 9.88 Å². The van der Waals surface area contributed by atoms with Crippen LogP contribution in [-0.2, 0) is 18.4 Å². The molecule has 1 saturated carbocycles. The summed E-state index contributed by atoms with van der Waals surface area (Å²) in [5, 5.41) is 6.97. The summed E-state index contributed by atoms with van der Waals surface area (Å²) >= 11 is 0. The fraction of sp³-hybridized carbons (Fsp3) is 0.316. The topological polar surface area (TPSA) is 64.7 Å². The summed E-state index contributed by atoms with van der Waals surface area (Å²) in [6, 6.07) is 6.82. The van der Waals surface area contributed by atoms with E-state index in [1.165, 1.54) is 12.1 Å². The summed E-state index contributed by atoms with van der Waals surface area (Å²) in [6.07, 6.45) is 9.45. The number of nitrogens with zero attached hydrogens (tertiary/aromatic N) is 4. The third-order valence-electron chi connectivity index (χ3n) is 4.06. The number of hydrogen-bond donors (Lipinski definition) is 1. The van der Waals surface area contributed by atoms with Crippen molar-refractivity contribution in [3.63, 3.8) is 0 Å². The van der Waals surface area contributed by atoms with Gasteiger partial charge in [-0.1, -0.05) is 12.1 Å². The molecule has 4 rings (SSSR count). The SMILES string of the molecule is Cc1nccn1CC(=O)NC1CC1.Cn1cc(-c2ccc(F)cc2)cn1. The van der Waals surface area contributed by atoms with E-state index < -0.39 is 0 Å². The van der Waals surface area contributed by atoms with Crippen LogP contribution in [0.15, 0.2) is 49.1 Å². The molecule has 0 radical (unpaired) electrons. The highest BCUT2D eigenvalue weighted by Crippen LogP contribution is 2.18. The van der Waals surface area contributed by atoms with Gasteiger partial charge in [0.05, 0.1) is 6.20 Å². The van der Waals surface area contributed by atoms with Gasteiger partial charge >= 0.3 is 0 Å². The van der Waals surface area contributed by atoms with Crippen LogP contribution in [0, 0.1) is 12.7 Å². The van der Waals surface area contributed by atoms with E-state index in [9.17, 15) is 9.18 Å². The number of benzene rings is 1. The largest absolute Gasteiger partial charge is 0.352 e. The van der Waals surface area contributed by atoms with E-state index in [2.05, 4.69) is 15.4 Å². The van der Waals surface area contributed by atoms with Gasteiger partial charge in [0.2, 0.25) is 5.91 Å². The molecule has 1 amide bonds. The molecule has 1 N–H and O–H groups in total. The zero-order chi connectivity index (χ0) is 18.5. The fourth-order valence-electron chi connectivity index (χ4n) is 2.44. The molecule has 1 aliphatic rings. The molecule has 0 unspecified atom stereocenters. The van der Waals surface area contributed by atoms with Crippen LogP contribution >= 0.6 is 0 Å². The van der Waals surface area contributed by atoms with Gasteiger partial charge in [0.25, 0.3) is 0 Å². The van der Waals surface area contributed by atoms with E-state index in [0.29, 0.717) is 12.6 Å². The summed E-state index contributed by atoms with van der Waals surface area (Å²) < 4.78 is 16.2. The maximum Gasteiger partial charge on any atom is 0.240 e. The lowest BCUT2D eigenvalue weighted by molar-refractivity contribution is -0.121. The lowest BCUT2D eigenvalue weighted by Gasteiger charge is -2.05. The van der Waals surface area contributed by atoms with Crippen LogP contribution in [0.3, 0.4) is 0 Å². The predicted molar refractivity (Wildman–Crippen MR) is 96.7 cm³/mol. The van der Waals surface area contributed by atoms with Crippen molar-refractivity contribution in [3.8, 4) is 11.1 Å². The monoisotopic (exact) mass is 355 g/mol. The third-order valence-corrected chi connectivity index (χ3v) is 4.06. The van der Waals surface area contributed by atoms with Crippen LogP contribution in [0.25, 0.3) is 11.1 Å². The summed E-state index contributed by atoms with van der Waals surface area (Å²) in [5.41, 5.74) is 1.98. The molecule has 7 heteroatoms. The molecule has 0 aliphatic heterocycles. The lowest BCUT2D eigenvalue weighted by atomic mass is 10.1. The highest BCUT2D eigenvalue weighted by Gasteiger charge is 2.23.